The molecule has 0 amide bonds. The first-order valence-corrected chi connectivity index (χ1v) is 9.32. The van der Waals surface area contributed by atoms with E-state index in [4.69, 9.17) is 9.47 Å². The van der Waals surface area contributed by atoms with Crippen molar-refractivity contribution in [3.8, 4) is 11.6 Å². The lowest BCUT2D eigenvalue weighted by atomic mass is 10.1. The summed E-state index contributed by atoms with van der Waals surface area (Å²) in [6.07, 6.45) is 2.67. The maximum atomic E-state index is 5.95. The summed E-state index contributed by atoms with van der Waals surface area (Å²) >= 11 is 0. The van der Waals surface area contributed by atoms with E-state index in [1.807, 2.05) is 42.5 Å². The van der Waals surface area contributed by atoms with Gasteiger partial charge in [0.2, 0.25) is 5.88 Å². The van der Waals surface area contributed by atoms with Gasteiger partial charge in [-0.2, -0.15) is 0 Å². The lowest BCUT2D eigenvalue weighted by molar-refractivity contribution is 0.296. The molecule has 27 heavy (non-hydrogen) atoms. The van der Waals surface area contributed by atoms with Crippen LogP contribution in [-0.4, -0.2) is 18.1 Å². The zero-order chi connectivity index (χ0) is 18.7. The largest absolute Gasteiger partial charge is 0.489 e. The SMILES string of the molecule is Cc1ccccc1COc1cccc(CNCCCOc2ccccn2)c1. The van der Waals surface area contributed by atoms with Crippen molar-refractivity contribution in [3.63, 3.8) is 0 Å². The molecule has 0 aliphatic heterocycles. The second-order valence-electron chi connectivity index (χ2n) is 6.41. The molecule has 0 bridgehead atoms. The molecule has 3 rings (SSSR count). The minimum absolute atomic E-state index is 0.592. The van der Waals surface area contributed by atoms with Crippen LogP contribution in [0, 0.1) is 6.92 Å². The van der Waals surface area contributed by atoms with Crippen LogP contribution in [0.3, 0.4) is 0 Å². The van der Waals surface area contributed by atoms with Crippen molar-refractivity contribution in [2.24, 2.45) is 0 Å². The fourth-order valence-electron chi connectivity index (χ4n) is 2.72. The molecule has 2 aromatic carbocycles. The Labute approximate surface area is 161 Å². The van der Waals surface area contributed by atoms with E-state index in [1.165, 1.54) is 16.7 Å². The Morgan fingerprint density at radius 2 is 1.81 bits per heavy atom. The van der Waals surface area contributed by atoms with E-state index < -0.39 is 0 Å². The second-order valence-corrected chi connectivity index (χ2v) is 6.41. The summed E-state index contributed by atoms with van der Waals surface area (Å²) in [5.74, 6) is 1.58. The molecule has 0 unspecified atom stereocenters. The second kappa shape index (κ2) is 10.3. The predicted molar refractivity (Wildman–Crippen MR) is 108 cm³/mol. The normalized spacial score (nSPS) is 10.6. The van der Waals surface area contributed by atoms with Crippen LogP contribution in [0.1, 0.15) is 23.1 Å². The van der Waals surface area contributed by atoms with Gasteiger partial charge in [-0.15, -0.1) is 0 Å². The fourth-order valence-corrected chi connectivity index (χ4v) is 2.72. The van der Waals surface area contributed by atoms with Gasteiger partial charge in [0.15, 0.2) is 0 Å². The molecule has 0 aliphatic carbocycles. The van der Waals surface area contributed by atoms with Crippen molar-refractivity contribution in [1.82, 2.24) is 10.3 Å². The summed E-state index contributed by atoms with van der Waals surface area (Å²) < 4.78 is 11.5. The number of benzene rings is 2. The van der Waals surface area contributed by atoms with Crippen LogP contribution < -0.4 is 14.8 Å². The smallest absolute Gasteiger partial charge is 0.213 e. The highest BCUT2D eigenvalue weighted by molar-refractivity contribution is 5.30. The van der Waals surface area contributed by atoms with Gasteiger partial charge < -0.3 is 14.8 Å². The van der Waals surface area contributed by atoms with Gasteiger partial charge in [-0.1, -0.05) is 42.5 Å². The number of rotatable bonds is 10. The van der Waals surface area contributed by atoms with Crippen molar-refractivity contribution in [2.45, 2.75) is 26.5 Å². The molecule has 0 radical (unpaired) electrons. The first kappa shape index (κ1) is 18.9. The Morgan fingerprint density at radius 3 is 2.67 bits per heavy atom. The molecule has 140 valence electrons. The van der Waals surface area contributed by atoms with E-state index in [-0.39, 0.29) is 0 Å². The lowest BCUT2D eigenvalue weighted by Gasteiger charge is -2.10. The molecule has 0 fully saturated rings. The van der Waals surface area contributed by atoms with Crippen LogP contribution in [0.4, 0.5) is 0 Å². The van der Waals surface area contributed by atoms with Crippen molar-refractivity contribution in [2.75, 3.05) is 13.2 Å². The summed E-state index contributed by atoms with van der Waals surface area (Å²) in [4.78, 5) is 4.14. The van der Waals surface area contributed by atoms with E-state index in [2.05, 4.69) is 41.5 Å². The Morgan fingerprint density at radius 1 is 0.926 bits per heavy atom. The molecule has 4 nitrogen and oxygen atoms in total. The molecule has 4 heteroatoms. The highest BCUT2D eigenvalue weighted by Gasteiger charge is 2.01. The number of hydrogen-bond acceptors (Lipinski definition) is 4. The highest BCUT2D eigenvalue weighted by Crippen LogP contribution is 2.16. The van der Waals surface area contributed by atoms with Crippen LogP contribution in [-0.2, 0) is 13.2 Å². The Hall–Kier alpha value is -2.85. The number of hydrogen-bond donors (Lipinski definition) is 1. The quantitative estimate of drug-likeness (QED) is 0.538. The highest BCUT2D eigenvalue weighted by atomic mass is 16.5. The summed E-state index contributed by atoms with van der Waals surface area (Å²) in [7, 11) is 0. The van der Waals surface area contributed by atoms with Crippen LogP contribution in [0.5, 0.6) is 11.6 Å². The number of nitrogens with zero attached hydrogens (tertiary/aromatic N) is 1. The zero-order valence-electron chi connectivity index (χ0n) is 15.7. The Bertz CT molecular complexity index is 821. The van der Waals surface area contributed by atoms with Gasteiger partial charge in [0, 0.05) is 18.8 Å². The fraction of sp³-hybridized carbons (Fsp3) is 0.261. The molecule has 0 aliphatic rings. The van der Waals surface area contributed by atoms with Crippen LogP contribution in [0.15, 0.2) is 72.9 Å². The van der Waals surface area contributed by atoms with E-state index in [0.717, 1.165) is 25.3 Å². The van der Waals surface area contributed by atoms with Crippen molar-refractivity contribution >= 4 is 0 Å². The minimum Gasteiger partial charge on any atom is -0.489 e. The molecule has 1 N–H and O–H groups in total. The van der Waals surface area contributed by atoms with Gasteiger partial charge in [-0.3, -0.25) is 0 Å². The molecule has 0 saturated carbocycles. The van der Waals surface area contributed by atoms with Crippen LogP contribution in [0.2, 0.25) is 0 Å². The average molecular weight is 362 g/mol. The molecule has 0 saturated heterocycles. The van der Waals surface area contributed by atoms with E-state index in [1.54, 1.807) is 6.20 Å². The molecule has 0 atom stereocenters. The summed E-state index contributed by atoms with van der Waals surface area (Å²) in [5, 5.41) is 3.44. The third kappa shape index (κ3) is 6.42. The van der Waals surface area contributed by atoms with Gasteiger partial charge >= 0.3 is 0 Å². The van der Waals surface area contributed by atoms with Crippen molar-refractivity contribution < 1.29 is 9.47 Å². The Kier molecular flexibility index (Phi) is 7.25. The van der Waals surface area contributed by atoms with E-state index in [9.17, 15) is 0 Å². The summed E-state index contributed by atoms with van der Waals surface area (Å²) in [5.41, 5.74) is 3.68. The topological polar surface area (TPSA) is 43.4 Å². The number of nitrogens with one attached hydrogen (secondary N) is 1. The number of pyridine rings is 1. The van der Waals surface area contributed by atoms with E-state index >= 15 is 0 Å². The maximum Gasteiger partial charge on any atom is 0.213 e. The van der Waals surface area contributed by atoms with Gasteiger partial charge in [-0.25, -0.2) is 4.98 Å². The first-order chi connectivity index (χ1) is 13.3. The van der Waals surface area contributed by atoms with Gasteiger partial charge in [0.05, 0.1) is 6.61 Å². The summed E-state index contributed by atoms with van der Waals surface area (Å²) in [6, 6.07) is 22.2. The van der Waals surface area contributed by atoms with Gasteiger partial charge in [-0.05, 0) is 54.8 Å². The zero-order valence-corrected chi connectivity index (χ0v) is 15.7. The third-order valence-corrected chi connectivity index (χ3v) is 4.27. The molecular formula is C23H26N2O2. The van der Waals surface area contributed by atoms with E-state index in [0.29, 0.717) is 19.1 Å². The number of aryl methyl sites for hydroxylation is 1. The first-order valence-electron chi connectivity index (χ1n) is 9.32. The molecule has 3 aromatic rings. The number of ether oxygens (including phenoxy) is 2. The van der Waals surface area contributed by atoms with Crippen LogP contribution >= 0.6 is 0 Å². The van der Waals surface area contributed by atoms with Crippen molar-refractivity contribution in [3.05, 3.63) is 89.6 Å². The minimum atomic E-state index is 0.592. The van der Waals surface area contributed by atoms with Gasteiger partial charge in [0.1, 0.15) is 12.4 Å². The molecular weight excluding hydrogens is 336 g/mol. The maximum absolute atomic E-state index is 5.95. The molecule has 0 spiro atoms. The Balaban J connectivity index is 1.37. The summed E-state index contributed by atoms with van der Waals surface area (Å²) in [6.45, 7) is 5.06. The predicted octanol–water partition coefficient (Wildman–Crippen LogP) is 4.53. The standard InChI is InChI=1S/C23H26N2O2/c1-19-8-2-3-10-21(19)18-27-22-11-6-9-20(16-22)17-24-13-7-15-26-23-12-4-5-14-25-23/h2-6,8-12,14,16,24H,7,13,15,17-18H2,1H3. The molecule has 1 heterocycles. The monoisotopic (exact) mass is 362 g/mol. The average Bonchev–Trinajstić information content (AvgIpc) is 2.71. The lowest BCUT2D eigenvalue weighted by Crippen LogP contribution is -2.17. The van der Waals surface area contributed by atoms with Crippen LogP contribution in [0.25, 0.3) is 0 Å². The van der Waals surface area contributed by atoms with Gasteiger partial charge in [0.25, 0.3) is 0 Å². The molecule has 1 aromatic heterocycles. The number of aromatic nitrogens is 1. The van der Waals surface area contributed by atoms with Crippen molar-refractivity contribution in [1.29, 1.82) is 0 Å². The third-order valence-electron chi connectivity index (χ3n) is 4.27.